The predicted octanol–water partition coefficient (Wildman–Crippen LogP) is 5.29. The fraction of sp³-hybridized carbons (Fsp3) is 0.292. The second-order valence-electron chi connectivity index (χ2n) is 7.56. The maximum absolute atomic E-state index is 13.7. The first kappa shape index (κ1) is 24.5. The summed E-state index contributed by atoms with van der Waals surface area (Å²) < 4.78 is 13.8. The van der Waals surface area contributed by atoms with E-state index in [4.69, 9.17) is 14.5 Å². The highest BCUT2D eigenvalue weighted by molar-refractivity contribution is 7.22. The zero-order valence-electron chi connectivity index (χ0n) is 19.1. The monoisotopic (exact) mass is 486 g/mol. The van der Waals surface area contributed by atoms with Crippen LogP contribution in [0.25, 0.3) is 10.2 Å². The quantitative estimate of drug-likeness (QED) is 0.338. The highest BCUT2D eigenvalue weighted by atomic mass is 35.5. The number of anilines is 1. The number of ether oxygens (including phenoxy) is 2. The molecule has 0 bridgehead atoms. The van der Waals surface area contributed by atoms with Gasteiger partial charge in [-0.25, -0.2) is 9.97 Å². The van der Waals surface area contributed by atoms with E-state index in [-0.39, 0.29) is 18.3 Å². The van der Waals surface area contributed by atoms with Crippen LogP contribution in [0.5, 0.6) is 11.5 Å². The number of thiazole rings is 1. The summed E-state index contributed by atoms with van der Waals surface area (Å²) in [7, 11) is 3.15. The predicted molar refractivity (Wildman–Crippen MR) is 134 cm³/mol. The molecule has 0 unspecified atom stereocenters. The van der Waals surface area contributed by atoms with Crippen LogP contribution in [0, 0.1) is 13.8 Å². The number of nitrogens with zero attached hydrogens (tertiary/aromatic N) is 4. The van der Waals surface area contributed by atoms with Crippen LogP contribution in [0.4, 0.5) is 5.13 Å². The van der Waals surface area contributed by atoms with Crippen molar-refractivity contribution in [3.63, 3.8) is 0 Å². The molecule has 0 aliphatic carbocycles. The third kappa shape index (κ3) is 5.29. The molecule has 0 saturated heterocycles. The van der Waals surface area contributed by atoms with Crippen molar-refractivity contribution in [1.29, 1.82) is 0 Å². The molecule has 33 heavy (non-hydrogen) atoms. The van der Waals surface area contributed by atoms with Gasteiger partial charge in [-0.3, -0.25) is 9.69 Å². The van der Waals surface area contributed by atoms with Crippen LogP contribution in [0.3, 0.4) is 0 Å². The largest absolute Gasteiger partial charge is 0.497 e. The fourth-order valence-electron chi connectivity index (χ4n) is 3.53. The first-order valence-electron chi connectivity index (χ1n) is 10.4. The van der Waals surface area contributed by atoms with Gasteiger partial charge >= 0.3 is 0 Å². The minimum Gasteiger partial charge on any atom is -0.497 e. The van der Waals surface area contributed by atoms with Crippen molar-refractivity contribution in [2.45, 2.75) is 26.8 Å². The number of aryl methyl sites for hydroxylation is 3. The SMILES string of the molecule is COc1cc(OC)cc(C(=O)N(CCCn2ccnc2)c2nc3c(C)c(C)ccc3s2)c1.Cl. The molecule has 1 amide bonds. The first-order valence-corrected chi connectivity index (χ1v) is 11.2. The van der Waals surface area contributed by atoms with Crippen molar-refractivity contribution in [2.75, 3.05) is 25.7 Å². The van der Waals surface area contributed by atoms with Crippen molar-refractivity contribution in [1.82, 2.24) is 14.5 Å². The smallest absolute Gasteiger partial charge is 0.260 e. The minimum atomic E-state index is -0.138. The zero-order chi connectivity index (χ0) is 22.7. The summed E-state index contributed by atoms with van der Waals surface area (Å²) in [5, 5.41) is 0.686. The number of fused-ring (bicyclic) bond motifs is 1. The number of methoxy groups -OCH3 is 2. The number of amides is 1. The van der Waals surface area contributed by atoms with Crippen LogP contribution < -0.4 is 14.4 Å². The van der Waals surface area contributed by atoms with Crippen LogP contribution in [0.2, 0.25) is 0 Å². The topological polar surface area (TPSA) is 69.5 Å². The molecular formula is C24H27ClN4O3S. The van der Waals surface area contributed by atoms with Gasteiger partial charge in [-0.15, -0.1) is 12.4 Å². The lowest BCUT2D eigenvalue weighted by Crippen LogP contribution is -2.32. The van der Waals surface area contributed by atoms with Gasteiger partial charge in [0.15, 0.2) is 5.13 Å². The Balaban J connectivity index is 0.00000306. The van der Waals surface area contributed by atoms with Crippen molar-refractivity contribution in [3.05, 3.63) is 65.7 Å². The van der Waals surface area contributed by atoms with Gasteiger partial charge < -0.3 is 14.0 Å². The van der Waals surface area contributed by atoms with Crippen molar-refractivity contribution in [2.24, 2.45) is 0 Å². The van der Waals surface area contributed by atoms with Gasteiger partial charge in [0.2, 0.25) is 0 Å². The summed E-state index contributed by atoms with van der Waals surface area (Å²) in [5.74, 6) is 1.00. The Morgan fingerprint density at radius 2 is 1.85 bits per heavy atom. The molecule has 0 fully saturated rings. The molecule has 174 valence electrons. The molecule has 0 saturated carbocycles. The van der Waals surface area contributed by atoms with E-state index >= 15 is 0 Å². The van der Waals surface area contributed by atoms with Crippen molar-refractivity contribution < 1.29 is 14.3 Å². The van der Waals surface area contributed by atoms with Gasteiger partial charge in [-0.2, -0.15) is 0 Å². The molecule has 0 atom stereocenters. The maximum atomic E-state index is 13.7. The number of halogens is 1. The molecule has 2 aromatic carbocycles. The highest BCUT2D eigenvalue weighted by Gasteiger charge is 2.23. The van der Waals surface area contributed by atoms with E-state index < -0.39 is 0 Å². The van der Waals surface area contributed by atoms with Gasteiger partial charge in [-0.05, 0) is 49.6 Å². The standard InChI is InChI=1S/C24H26N4O3S.ClH/c1-16-6-7-21-22(17(16)2)26-24(32-21)28(10-5-9-27-11-8-25-15-27)23(29)18-12-19(30-3)14-20(13-18)31-4;/h6-8,11-15H,5,9-10H2,1-4H3;1H. The summed E-state index contributed by atoms with van der Waals surface area (Å²) in [5.41, 5.74) is 3.76. The molecule has 0 aliphatic rings. The zero-order valence-corrected chi connectivity index (χ0v) is 20.7. The second kappa shape index (κ2) is 10.7. The summed E-state index contributed by atoms with van der Waals surface area (Å²) >= 11 is 1.53. The second-order valence-corrected chi connectivity index (χ2v) is 8.57. The molecule has 4 aromatic rings. The lowest BCUT2D eigenvalue weighted by Gasteiger charge is -2.21. The van der Waals surface area contributed by atoms with E-state index in [1.165, 1.54) is 16.9 Å². The van der Waals surface area contributed by atoms with Crippen LogP contribution in [-0.2, 0) is 6.54 Å². The number of aromatic nitrogens is 3. The number of carbonyl (C=O) groups excluding carboxylic acids is 1. The normalized spacial score (nSPS) is 10.7. The average molecular weight is 487 g/mol. The molecule has 0 spiro atoms. The van der Waals surface area contributed by atoms with E-state index in [2.05, 4.69) is 31.0 Å². The molecular weight excluding hydrogens is 460 g/mol. The van der Waals surface area contributed by atoms with Crippen LogP contribution >= 0.6 is 23.7 Å². The average Bonchev–Trinajstić information content (AvgIpc) is 3.48. The fourth-order valence-corrected chi connectivity index (χ4v) is 4.58. The van der Waals surface area contributed by atoms with Crippen LogP contribution in [0.15, 0.2) is 49.1 Å². The number of imidazole rings is 1. The molecule has 0 N–H and O–H groups in total. The summed E-state index contributed by atoms with van der Waals surface area (Å²) in [6.07, 6.45) is 6.22. The molecule has 9 heteroatoms. The number of carbonyl (C=O) groups is 1. The van der Waals surface area contributed by atoms with Gasteiger partial charge in [0.25, 0.3) is 5.91 Å². The first-order chi connectivity index (χ1) is 15.5. The molecule has 2 heterocycles. The Morgan fingerprint density at radius 1 is 1.12 bits per heavy atom. The van der Waals surface area contributed by atoms with E-state index in [1.807, 2.05) is 10.8 Å². The lowest BCUT2D eigenvalue weighted by atomic mass is 10.1. The van der Waals surface area contributed by atoms with E-state index in [0.717, 1.165) is 28.7 Å². The van der Waals surface area contributed by atoms with E-state index in [9.17, 15) is 4.79 Å². The van der Waals surface area contributed by atoms with Crippen LogP contribution in [-0.4, -0.2) is 41.2 Å². The minimum absolute atomic E-state index is 0. The van der Waals surface area contributed by atoms with Gasteiger partial charge in [0.1, 0.15) is 11.5 Å². The Hall–Kier alpha value is -3.10. The molecule has 0 radical (unpaired) electrons. The highest BCUT2D eigenvalue weighted by Crippen LogP contribution is 2.33. The summed E-state index contributed by atoms with van der Waals surface area (Å²) in [6.45, 7) is 5.42. The summed E-state index contributed by atoms with van der Waals surface area (Å²) in [4.78, 5) is 24.4. The Labute approximate surface area is 203 Å². The Bertz CT molecular complexity index is 1220. The van der Waals surface area contributed by atoms with Gasteiger partial charge in [-0.1, -0.05) is 17.4 Å². The number of hydrogen-bond acceptors (Lipinski definition) is 6. The van der Waals surface area contributed by atoms with Gasteiger partial charge in [0.05, 0.1) is 30.8 Å². The Morgan fingerprint density at radius 3 is 2.48 bits per heavy atom. The number of rotatable bonds is 8. The third-order valence-corrected chi connectivity index (χ3v) is 6.55. The Kier molecular flexibility index (Phi) is 7.94. The molecule has 0 aliphatic heterocycles. The number of hydrogen-bond donors (Lipinski definition) is 0. The number of benzene rings is 2. The van der Waals surface area contributed by atoms with E-state index in [0.29, 0.717) is 28.7 Å². The van der Waals surface area contributed by atoms with Gasteiger partial charge in [0, 0.05) is 37.1 Å². The molecule has 4 rings (SSSR count). The van der Waals surface area contributed by atoms with E-state index in [1.54, 1.807) is 49.8 Å². The lowest BCUT2D eigenvalue weighted by molar-refractivity contribution is 0.0985. The van der Waals surface area contributed by atoms with Crippen LogP contribution in [0.1, 0.15) is 27.9 Å². The maximum Gasteiger partial charge on any atom is 0.260 e. The third-order valence-electron chi connectivity index (χ3n) is 5.51. The van der Waals surface area contributed by atoms with Crippen molar-refractivity contribution >= 4 is 45.0 Å². The molecule has 7 nitrogen and oxygen atoms in total. The molecule has 2 aromatic heterocycles. The summed E-state index contributed by atoms with van der Waals surface area (Å²) in [6, 6.07) is 9.39. The van der Waals surface area contributed by atoms with Crippen molar-refractivity contribution in [3.8, 4) is 11.5 Å².